The Morgan fingerprint density at radius 2 is 1.85 bits per heavy atom. The van der Waals surface area contributed by atoms with Gasteiger partial charge in [0.05, 0.1) is 13.2 Å². The second-order valence-corrected chi connectivity index (χ2v) is 7.60. The van der Waals surface area contributed by atoms with Crippen LogP contribution in [0.25, 0.3) is 0 Å². The Bertz CT molecular complexity index is 814. The quantitative estimate of drug-likeness (QED) is 0.859. The van der Waals surface area contributed by atoms with Crippen molar-refractivity contribution in [2.75, 3.05) is 7.11 Å². The van der Waals surface area contributed by atoms with Crippen molar-refractivity contribution in [1.29, 1.82) is 0 Å². The highest BCUT2D eigenvalue weighted by Gasteiger charge is 2.35. The number of methoxy groups -OCH3 is 1. The van der Waals surface area contributed by atoms with Crippen molar-refractivity contribution < 1.29 is 19.0 Å². The summed E-state index contributed by atoms with van der Waals surface area (Å²) in [5, 5.41) is 3.13. The van der Waals surface area contributed by atoms with Crippen molar-refractivity contribution in [3.63, 3.8) is 0 Å². The normalized spacial score (nSPS) is 18.6. The van der Waals surface area contributed by atoms with E-state index in [1.54, 1.807) is 38.3 Å². The van der Waals surface area contributed by atoms with Crippen LogP contribution in [0.2, 0.25) is 0 Å². The molecule has 1 amide bonds. The van der Waals surface area contributed by atoms with Gasteiger partial charge in [-0.3, -0.25) is 4.79 Å². The molecule has 5 heteroatoms. The summed E-state index contributed by atoms with van der Waals surface area (Å²) >= 11 is 0. The highest BCUT2D eigenvalue weighted by Crippen LogP contribution is 2.39. The zero-order chi connectivity index (χ0) is 19.6. The number of ether oxygens (including phenoxy) is 3. The highest BCUT2D eigenvalue weighted by atomic mass is 16.5. The number of aryl methyl sites for hydroxylation is 1. The number of amides is 1. The monoisotopic (exact) mass is 369 g/mol. The minimum atomic E-state index is -0.613. The first-order valence-electron chi connectivity index (χ1n) is 9.18. The van der Waals surface area contributed by atoms with Gasteiger partial charge < -0.3 is 19.5 Å². The van der Waals surface area contributed by atoms with E-state index in [1.807, 2.05) is 32.9 Å². The molecule has 144 valence electrons. The van der Waals surface area contributed by atoms with Crippen LogP contribution in [0.3, 0.4) is 0 Å². The molecule has 0 spiro atoms. The maximum atomic E-state index is 12.7. The summed E-state index contributed by atoms with van der Waals surface area (Å²) in [4.78, 5) is 12.7. The number of hydrogen-bond donors (Lipinski definition) is 1. The molecule has 27 heavy (non-hydrogen) atoms. The van der Waals surface area contributed by atoms with Crippen molar-refractivity contribution in [3.05, 3.63) is 53.6 Å². The molecule has 0 saturated heterocycles. The first kappa shape index (κ1) is 19.1. The first-order chi connectivity index (χ1) is 12.8. The summed E-state index contributed by atoms with van der Waals surface area (Å²) in [6.45, 7) is 7.86. The smallest absolute Gasteiger partial charge is 0.261 e. The lowest BCUT2D eigenvalue weighted by molar-refractivity contribution is -0.128. The van der Waals surface area contributed by atoms with E-state index in [-0.39, 0.29) is 17.6 Å². The van der Waals surface area contributed by atoms with E-state index in [1.165, 1.54) is 0 Å². The van der Waals surface area contributed by atoms with Gasteiger partial charge in [0.25, 0.3) is 5.91 Å². The molecule has 0 radical (unpaired) electrons. The van der Waals surface area contributed by atoms with Crippen LogP contribution in [0.1, 0.15) is 44.4 Å². The zero-order valence-corrected chi connectivity index (χ0v) is 16.5. The van der Waals surface area contributed by atoms with E-state index >= 15 is 0 Å². The SMILES string of the molecule is COc1ccc(O[C@H](C)C(=O)N[C@@H]2CC(C)(C)Oc3ccc(C)cc32)cc1. The van der Waals surface area contributed by atoms with Gasteiger partial charge in [-0.15, -0.1) is 0 Å². The lowest BCUT2D eigenvalue weighted by Gasteiger charge is -2.38. The molecule has 3 rings (SSSR count). The van der Waals surface area contributed by atoms with Crippen LogP contribution in [-0.4, -0.2) is 24.7 Å². The van der Waals surface area contributed by atoms with Crippen molar-refractivity contribution in [3.8, 4) is 17.2 Å². The van der Waals surface area contributed by atoms with E-state index in [4.69, 9.17) is 14.2 Å². The molecule has 2 atom stereocenters. The van der Waals surface area contributed by atoms with Gasteiger partial charge in [-0.2, -0.15) is 0 Å². The number of fused-ring (bicyclic) bond motifs is 1. The minimum Gasteiger partial charge on any atom is -0.497 e. The number of carbonyl (C=O) groups is 1. The number of rotatable bonds is 5. The molecule has 0 bridgehead atoms. The molecule has 1 N–H and O–H groups in total. The lowest BCUT2D eigenvalue weighted by atomic mass is 9.89. The van der Waals surface area contributed by atoms with Crippen LogP contribution >= 0.6 is 0 Å². The number of carbonyl (C=O) groups excluding carboxylic acids is 1. The van der Waals surface area contributed by atoms with Gasteiger partial charge in [0.1, 0.15) is 22.8 Å². The maximum absolute atomic E-state index is 12.7. The molecule has 0 aliphatic carbocycles. The van der Waals surface area contributed by atoms with Crippen molar-refractivity contribution in [2.24, 2.45) is 0 Å². The van der Waals surface area contributed by atoms with E-state index in [0.717, 1.165) is 22.6 Å². The Morgan fingerprint density at radius 1 is 1.19 bits per heavy atom. The molecular formula is C22H27NO4. The van der Waals surface area contributed by atoms with Crippen LogP contribution < -0.4 is 19.5 Å². The van der Waals surface area contributed by atoms with Crippen molar-refractivity contribution >= 4 is 5.91 Å². The fourth-order valence-electron chi connectivity index (χ4n) is 3.30. The first-order valence-corrected chi connectivity index (χ1v) is 9.18. The van der Waals surface area contributed by atoms with Gasteiger partial charge in [0.15, 0.2) is 6.10 Å². The molecular weight excluding hydrogens is 342 g/mol. The molecule has 0 saturated carbocycles. The summed E-state index contributed by atoms with van der Waals surface area (Å²) in [5.41, 5.74) is 1.80. The second kappa shape index (κ2) is 7.51. The van der Waals surface area contributed by atoms with E-state index in [0.29, 0.717) is 12.2 Å². The Hall–Kier alpha value is -2.69. The fourth-order valence-corrected chi connectivity index (χ4v) is 3.30. The van der Waals surface area contributed by atoms with E-state index in [9.17, 15) is 4.79 Å². The molecule has 5 nitrogen and oxygen atoms in total. The second-order valence-electron chi connectivity index (χ2n) is 7.60. The van der Waals surface area contributed by atoms with Gasteiger partial charge in [-0.1, -0.05) is 17.7 Å². The summed E-state index contributed by atoms with van der Waals surface area (Å²) < 4.78 is 17.0. The molecule has 0 unspecified atom stereocenters. The number of benzene rings is 2. The van der Waals surface area contributed by atoms with Gasteiger partial charge in [-0.05, 0) is 58.0 Å². The topological polar surface area (TPSA) is 56.8 Å². The van der Waals surface area contributed by atoms with Crippen LogP contribution in [0.5, 0.6) is 17.2 Å². The summed E-state index contributed by atoms with van der Waals surface area (Å²) in [6.07, 6.45) is 0.0855. The van der Waals surface area contributed by atoms with E-state index in [2.05, 4.69) is 11.4 Å². The zero-order valence-electron chi connectivity index (χ0n) is 16.5. The molecule has 1 aliphatic heterocycles. The summed E-state index contributed by atoms with van der Waals surface area (Å²) in [7, 11) is 1.61. The molecule has 2 aromatic rings. The van der Waals surface area contributed by atoms with Gasteiger partial charge in [-0.25, -0.2) is 0 Å². The van der Waals surface area contributed by atoms with Gasteiger partial charge in [0, 0.05) is 12.0 Å². The summed E-state index contributed by atoms with van der Waals surface area (Å²) in [6, 6.07) is 13.1. The Kier molecular flexibility index (Phi) is 5.31. The fraction of sp³-hybridized carbons (Fsp3) is 0.409. The predicted octanol–water partition coefficient (Wildman–Crippen LogP) is 4.19. The molecule has 0 aromatic heterocycles. The van der Waals surface area contributed by atoms with Gasteiger partial charge >= 0.3 is 0 Å². The Morgan fingerprint density at radius 3 is 2.52 bits per heavy atom. The molecule has 1 aliphatic rings. The molecule has 1 heterocycles. The average Bonchev–Trinajstić information content (AvgIpc) is 2.62. The third-order valence-electron chi connectivity index (χ3n) is 4.68. The Labute approximate surface area is 160 Å². The van der Waals surface area contributed by atoms with Crippen LogP contribution in [0, 0.1) is 6.92 Å². The lowest BCUT2D eigenvalue weighted by Crippen LogP contribution is -2.44. The standard InChI is InChI=1S/C22H27NO4/c1-14-6-11-20-18(12-14)19(13-22(3,4)27-20)23-21(24)15(2)26-17-9-7-16(25-5)8-10-17/h6-12,15,19H,13H2,1-5H3,(H,23,24)/t15-,19-/m1/s1. The molecule has 0 fully saturated rings. The van der Waals surface area contributed by atoms with Crippen molar-refractivity contribution in [1.82, 2.24) is 5.32 Å². The van der Waals surface area contributed by atoms with Crippen LogP contribution in [0.4, 0.5) is 0 Å². The van der Waals surface area contributed by atoms with Crippen LogP contribution in [0.15, 0.2) is 42.5 Å². The third-order valence-corrected chi connectivity index (χ3v) is 4.68. The Balaban J connectivity index is 1.71. The largest absolute Gasteiger partial charge is 0.497 e. The predicted molar refractivity (Wildman–Crippen MR) is 104 cm³/mol. The summed E-state index contributed by atoms with van der Waals surface area (Å²) in [5.74, 6) is 2.05. The van der Waals surface area contributed by atoms with Crippen LogP contribution in [-0.2, 0) is 4.79 Å². The van der Waals surface area contributed by atoms with Gasteiger partial charge in [0.2, 0.25) is 0 Å². The van der Waals surface area contributed by atoms with Crippen molar-refractivity contribution in [2.45, 2.75) is 51.9 Å². The minimum absolute atomic E-state index is 0.113. The number of nitrogens with one attached hydrogen (secondary N) is 1. The highest BCUT2D eigenvalue weighted by molar-refractivity contribution is 5.81. The molecule has 2 aromatic carbocycles. The third kappa shape index (κ3) is 4.54. The number of hydrogen-bond acceptors (Lipinski definition) is 4. The average molecular weight is 369 g/mol. The maximum Gasteiger partial charge on any atom is 0.261 e. The van der Waals surface area contributed by atoms with E-state index < -0.39 is 6.10 Å².